The first kappa shape index (κ1) is 32.4. The molecule has 0 saturated heterocycles. The van der Waals surface area contributed by atoms with Gasteiger partial charge < -0.3 is 9.13 Å². The molecule has 58 heavy (non-hydrogen) atoms. The highest BCUT2D eigenvalue weighted by Crippen LogP contribution is 2.39. The molecule has 12 rings (SSSR count). The van der Waals surface area contributed by atoms with Gasteiger partial charge in [0.15, 0.2) is 0 Å². The summed E-state index contributed by atoms with van der Waals surface area (Å²) in [6.45, 7) is 0. The lowest BCUT2D eigenvalue weighted by molar-refractivity contribution is 1.17. The van der Waals surface area contributed by atoms with Crippen LogP contribution in [0.15, 0.2) is 206 Å². The van der Waals surface area contributed by atoms with Gasteiger partial charge in [-0.25, -0.2) is 9.97 Å². The highest BCUT2D eigenvalue weighted by molar-refractivity contribution is 6.15. The van der Waals surface area contributed by atoms with Crippen molar-refractivity contribution in [2.24, 2.45) is 0 Å². The lowest BCUT2D eigenvalue weighted by Crippen LogP contribution is -1.97. The van der Waals surface area contributed by atoms with Crippen LogP contribution in [-0.2, 0) is 0 Å². The van der Waals surface area contributed by atoms with Gasteiger partial charge in [0.2, 0.25) is 0 Å². The molecule has 9 aromatic carbocycles. The minimum atomic E-state index is 0.863. The minimum absolute atomic E-state index is 0.863. The second-order valence-corrected chi connectivity index (χ2v) is 15.0. The van der Waals surface area contributed by atoms with Crippen molar-refractivity contribution in [2.75, 3.05) is 0 Å². The summed E-state index contributed by atoms with van der Waals surface area (Å²) in [5.41, 5.74) is 14.9. The van der Waals surface area contributed by atoms with Gasteiger partial charge in [-0.1, -0.05) is 140 Å². The molecule has 4 nitrogen and oxygen atoms in total. The molecule has 0 aliphatic rings. The van der Waals surface area contributed by atoms with Gasteiger partial charge in [0.1, 0.15) is 0 Å². The number of aromatic nitrogens is 4. The average molecular weight is 739 g/mol. The van der Waals surface area contributed by atoms with E-state index >= 15 is 0 Å². The zero-order valence-electron chi connectivity index (χ0n) is 31.4. The van der Waals surface area contributed by atoms with E-state index in [-0.39, 0.29) is 0 Å². The van der Waals surface area contributed by atoms with Crippen molar-refractivity contribution in [1.82, 2.24) is 19.1 Å². The van der Waals surface area contributed by atoms with Crippen LogP contribution in [0.25, 0.3) is 110 Å². The standard InChI is InChI=1S/C54H34N4/c1-2-12-35(13-3-1)36-22-24-37(25-23-36)53-54(56-48-19-9-8-18-47(48)55-53)38-26-28-41(29-27-38)57-51-31-30-42(34-46(51)45-32-39-14-4-5-15-40(39)33-52(45)57)58-49-20-10-6-16-43(49)44-17-7-11-21-50(44)58/h1-34H. The molecule has 0 atom stereocenters. The molecule has 0 fully saturated rings. The number of rotatable bonds is 5. The Morgan fingerprint density at radius 1 is 0.276 bits per heavy atom. The molecular weight excluding hydrogens is 705 g/mol. The SMILES string of the molecule is c1ccc(-c2ccc(-c3nc4ccccc4nc3-c3ccc(-n4c5ccc(-n6c7ccccc7c7ccccc76)cc5c5cc6ccccc6cc54)cc3)cc2)cc1. The second-order valence-electron chi connectivity index (χ2n) is 15.0. The molecule has 3 heterocycles. The Morgan fingerprint density at radius 3 is 1.38 bits per heavy atom. The maximum atomic E-state index is 5.23. The van der Waals surface area contributed by atoms with Gasteiger partial charge in [-0.15, -0.1) is 0 Å². The maximum absolute atomic E-state index is 5.23. The Kier molecular flexibility index (Phi) is 7.20. The van der Waals surface area contributed by atoms with Gasteiger partial charge in [-0.3, -0.25) is 0 Å². The Morgan fingerprint density at radius 2 is 0.724 bits per heavy atom. The van der Waals surface area contributed by atoms with Crippen LogP contribution >= 0.6 is 0 Å². The highest BCUT2D eigenvalue weighted by atomic mass is 15.0. The lowest BCUT2D eigenvalue weighted by atomic mass is 9.99. The number of fused-ring (bicyclic) bond motifs is 8. The molecule has 0 aliphatic carbocycles. The van der Waals surface area contributed by atoms with E-state index in [0.29, 0.717) is 0 Å². The molecular formula is C54H34N4. The Balaban J connectivity index is 1.02. The molecule has 0 unspecified atom stereocenters. The third kappa shape index (κ3) is 5.09. The summed E-state index contributed by atoms with van der Waals surface area (Å²) < 4.78 is 4.81. The predicted molar refractivity (Wildman–Crippen MR) is 242 cm³/mol. The first-order valence-electron chi connectivity index (χ1n) is 19.7. The summed E-state index contributed by atoms with van der Waals surface area (Å²) in [5.74, 6) is 0. The summed E-state index contributed by atoms with van der Waals surface area (Å²) in [5, 5.41) is 7.40. The van der Waals surface area contributed by atoms with Gasteiger partial charge in [0.25, 0.3) is 0 Å². The summed E-state index contributed by atoms with van der Waals surface area (Å²) in [4.78, 5) is 10.4. The molecule has 0 bridgehead atoms. The fourth-order valence-electron chi connectivity index (χ4n) is 8.93. The van der Waals surface area contributed by atoms with Gasteiger partial charge in [0, 0.05) is 44.0 Å². The first-order chi connectivity index (χ1) is 28.7. The zero-order chi connectivity index (χ0) is 38.2. The molecule has 0 aliphatic heterocycles. The smallest absolute Gasteiger partial charge is 0.0973 e. The van der Waals surface area contributed by atoms with E-state index in [2.05, 4.69) is 185 Å². The summed E-state index contributed by atoms with van der Waals surface area (Å²) in [6.07, 6.45) is 0. The van der Waals surface area contributed by atoms with Crippen molar-refractivity contribution in [3.05, 3.63) is 206 Å². The third-order valence-electron chi connectivity index (χ3n) is 11.7. The van der Waals surface area contributed by atoms with Crippen molar-refractivity contribution >= 4 is 65.4 Å². The molecule has 3 aromatic heterocycles. The Labute approximate surface area is 334 Å². The summed E-state index contributed by atoms with van der Waals surface area (Å²) >= 11 is 0. The molecule has 0 amide bonds. The quantitative estimate of drug-likeness (QED) is 0.176. The Bertz CT molecular complexity index is 3490. The first-order valence-corrected chi connectivity index (χ1v) is 19.7. The summed E-state index contributed by atoms with van der Waals surface area (Å²) in [7, 11) is 0. The minimum Gasteiger partial charge on any atom is -0.309 e. The number of nitrogens with zero attached hydrogens (tertiary/aromatic N) is 4. The van der Waals surface area contributed by atoms with E-state index in [1.54, 1.807) is 0 Å². The fourth-order valence-corrected chi connectivity index (χ4v) is 8.93. The lowest BCUT2D eigenvalue weighted by Gasteiger charge is -2.13. The van der Waals surface area contributed by atoms with E-state index < -0.39 is 0 Å². The van der Waals surface area contributed by atoms with Crippen LogP contribution < -0.4 is 0 Å². The van der Waals surface area contributed by atoms with E-state index in [1.807, 2.05) is 30.3 Å². The number of hydrogen-bond acceptors (Lipinski definition) is 2. The van der Waals surface area contributed by atoms with Gasteiger partial charge >= 0.3 is 0 Å². The molecule has 12 aromatic rings. The Hall–Kier alpha value is -7.82. The van der Waals surface area contributed by atoms with Crippen molar-refractivity contribution in [3.63, 3.8) is 0 Å². The van der Waals surface area contributed by atoms with Crippen LogP contribution in [0.5, 0.6) is 0 Å². The van der Waals surface area contributed by atoms with Crippen LogP contribution in [0.4, 0.5) is 0 Å². The van der Waals surface area contributed by atoms with Crippen LogP contribution in [0.2, 0.25) is 0 Å². The highest BCUT2D eigenvalue weighted by Gasteiger charge is 2.19. The topological polar surface area (TPSA) is 35.6 Å². The van der Waals surface area contributed by atoms with Crippen molar-refractivity contribution in [2.45, 2.75) is 0 Å². The van der Waals surface area contributed by atoms with Crippen molar-refractivity contribution in [3.8, 4) is 45.0 Å². The van der Waals surface area contributed by atoms with E-state index in [4.69, 9.17) is 9.97 Å². The molecule has 0 N–H and O–H groups in total. The van der Waals surface area contributed by atoms with Crippen LogP contribution in [0.1, 0.15) is 0 Å². The van der Waals surface area contributed by atoms with E-state index in [1.165, 1.54) is 60.0 Å². The molecule has 0 radical (unpaired) electrons. The molecule has 270 valence electrons. The zero-order valence-corrected chi connectivity index (χ0v) is 31.4. The van der Waals surface area contributed by atoms with Crippen molar-refractivity contribution < 1.29 is 0 Å². The number of hydrogen-bond donors (Lipinski definition) is 0. The summed E-state index contributed by atoms with van der Waals surface area (Å²) in [6, 6.07) is 73.8. The van der Waals surface area contributed by atoms with Gasteiger partial charge in [-0.05, 0) is 88.6 Å². The largest absolute Gasteiger partial charge is 0.309 e. The van der Waals surface area contributed by atoms with E-state index in [0.717, 1.165) is 50.4 Å². The third-order valence-corrected chi connectivity index (χ3v) is 11.7. The van der Waals surface area contributed by atoms with Crippen LogP contribution in [-0.4, -0.2) is 19.1 Å². The van der Waals surface area contributed by atoms with Crippen molar-refractivity contribution in [1.29, 1.82) is 0 Å². The van der Waals surface area contributed by atoms with Gasteiger partial charge in [0.05, 0.1) is 44.5 Å². The van der Waals surface area contributed by atoms with E-state index in [9.17, 15) is 0 Å². The normalized spacial score (nSPS) is 11.8. The number of benzene rings is 9. The molecule has 0 saturated carbocycles. The van der Waals surface area contributed by atoms with Crippen LogP contribution in [0.3, 0.4) is 0 Å². The second kappa shape index (κ2) is 12.9. The van der Waals surface area contributed by atoms with Crippen LogP contribution in [0, 0.1) is 0 Å². The monoisotopic (exact) mass is 738 g/mol. The van der Waals surface area contributed by atoms with Gasteiger partial charge in [-0.2, -0.15) is 0 Å². The average Bonchev–Trinajstić information content (AvgIpc) is 3.80. The molecule has 4 heteroatoms. The molecule has 0 spiro atoms. The number of para-hydroxylation sites is 4. The fraction of sp³-hybridized carbons (Fsp3) is 0. The predicted octanol–water partition coefficient (Wildman–Crippen LogP) is 14.0. The maximum Gasteiger partial charge on any atom is 0.0973 e.